The average Bonchev–Trinajstić information content (AvgIpc) is 2.36. The summed E-state index contributed by atoms with van der Waals surface area (Å²) < 4.78 is 18.7. The number of ether oxygens (including phenoxy) is 1. The van der Waals surface area contributed by atoms with E-state index in [2.05, 4.69) is 10.6 Å². The fourth-order valence-electron chi connectivity index (χ4n) is 1.96. The number of carbonyl (C=O) groups excluding carboxylic acids is 2. The lowest BCUT2D eigenvalue weighted by Gasteiger charge is -2.24. The van der Waals surface area contributed by atoms with E-state index in [4.69, 9.17) is 4.74 Å². The monoisotopic (exact) mass is 266 g/mol. The molecule has 6 heteroatoms. The molecule has 1 atom stereocenters. The Balaban J connectivity index is 2.21. The number of imide groups is 1. The second-order valence-corrected chi connectivity index (χ2v) is 4.45. The van der Waals surface area contributed by atoms with Crippen molar-refractivity contribution in [1.82, 2.24) is 5.32 Å². The first-order chi connectivity index (χ1) is 9.01. The topological polar surface area (TPSA) is 67.4 Å². The van der Waals surface area contributed by atoms with Gasteiger partial charge in [0, 0.05) is 12.5 Å². The van der Waals surface area contributed by atoms with Gasteiger partial charge in [-0.25, -0.2) is 4.39 Å². The van der Waals surface area contributed by atoms with Gasteiger partial charge in [-0.3, -0.25) is 14.9 Å². The van der Waals surface area contributed by atoms with Crippen molar-refractivity contribution in [3.05, 3.63) is 23.5 Å². The van der Waals surface area contributed by atoms with Crippen LogP contribution in [0.2, 0.25) is 0 Å². The molecule has 1 aliphatic rings. The number of benzene rings is 1. The van der Waals surface area contributed by atoms with E-state index in [1.165, 1.54) is 13.2 Å². The molecular weight excluding hydrogens is 251 g/mol. The maximum atomic E-state index is 13.6. The number of nitrogens with one attached hydrogen (secondary N) is 2. The highest BCUT2D eigenvalue weighted by atomic mass is 19.1. The van der Waals surface area contributed by atoms with Crippen molar-refractivity contribution in [2.24, 2.45) is 0 Å². The average molecular weight is 266 g/mol. The van der Waals surface area contributed by atoms with Crippen molar-refractivity contribution in [3.8, 4) is 5.75 Å². The minimum absolute atomic E-state index is 0.264. The molecule has 1 heterocycles. The zero-order valence-corrected chi connectivity index (χ0v) is 10.7. The molecular formula is C13H15FN2O3. The number of aryl methyl sites for hydroxylation is 1. The fourth-order valence-corrected chi connectivity index (χ4v) is 1.96. The number of piperidine rings is 1. The molecule has 0 saturated carbocycles. The summed E-state index contributed by atoms with van der Waals surface area (Å²) in [6, 6.07) is 2.29. The summed E-state index contributed by atoms with van der Waals surface area (Å²) in [5.74, 6) is -0.608. The van der Waals surface area contributed by atoms with Gasteiger partial charge in [-0.15, -0.1) is 0 Å². The van der Waals surface area contributed by atoms with Gasteiger partial charge in [0.25, 0.3) is 0 Å². The van der Waals surface area contributed by atoms with Crippen molar-refractivity contribution in [2.45, 2.75) is 25.8 Å². The number of methoxy groups -OCH3 is 1. The smallest absolute Gasteiger partial charge is 0.249 e. The number of halogens is 1. The Bertz CT molecular complexity index is 531. The lowest BCUT2D eigenvalue weighted by Crippen LogP contribution is -2.47. The van der Waals surface area contributed by atoms with Crippen LogP contribution < -0.4 is 15.4 Å². The van der Waals surface area contributed by atoms with E-state index in [1.54, 1.807) is 13.0 Å². The highest BCUT2D eigenvalue weighted by Crippen LogP contribution is 2.29. The lowest BCUT2D eigenvalue weighted by molar-refractivity contribution is -0.133. The van der Waals surface area contributed by atoms with E-state index in [0.29, 0.717) is 23.4 Å². The van der Waals surface area contributed by atoms with Crippen molar-refractivity contribution < 1.29 is 18.7 Å². The van der Waals surface area contributed by atoms with Gasteiger partial charge in [0.15, 0.2) is 0 Å². The number of hydrogen-bond donors (Lipinski definition) is 2. The Hall–Kier alpha value is -2.11. The van der Waals surface area contributed by atoms with Crippen molar-refractivity contribution in [2.75, 3.05) is 12.4 Å². The number of rotatable bonds is 3. The first-order valence-electron chi connectivity index (χ1n) is 5.95. The Morgan fingerprint density at radius 2 is 2.16 bits per heavy atom. The van der Waals surface area contributed by atoms with Crippen molar-refractivity contribution in [1.29, 1.82) is 0 Å². The molecule has 0 spiro atoms. The van der Waals surface area contributed by atoms with Gasteiger partial charge in [0.1, 0.15) is 17.6 Å². The Morgan fingerprint density at radius 1 is 1.42 bits per heavy atom. The van der Waals surface area contributed by atoms with Crippen LogP contribution in [0.15, 0.2) is 12.1 Å². The summed E-state index contributed by atoms with van der Waals surface area (Å²) in [6.45, 7) is 1.63. The van der Waals surface area contributed by atoms with Crippen molar-refractivity contribution >= 4 is 17.5 Å². The molecule has 5 nitrogen and oxygen atoms in total. The third-order valence-electron chi connectivity index (χ3n) is 3.05. The fraction of sp³-hybridized carbons (Fsp3) is 0.385. The number of amides is 2. The Kier molecular flexibility index (Phi) is 3.69. The highest BCUT2D eigenvalue weighted by molar-refractivity contribution is 6.01. The molecule has 2 N–H and O–H groups in total. The molecule has 1 fully saturated rings. The third kappa shape index (κ3) is 2.83. The molecule has 0 aromatic heterocycles. The van der Waals surface area contributed by atoms with Crippen LogP contribution in [-0.2, 0) is 9.59 Å². The quantitative estimate of drug-likeness (QED) is 0.811. The largest absolute Gasteiger partial charge is 0.495 e. The summed E-state index contributed by atoms with van der Waals surface area (Å²) >= 11 is 0. The third-order valence-corrected chi connectivity index (χ3v) is 3.05. The van der Waals surface area contributed by atoms with Gasteiger partial charge in [-0.2, -0.15) is 0 Å². The van der Waals surface area contributed by atoms with E-state index in [9.17, 15) is 14.0 Å². The van der Waals surface area contributed by atoms with Gasteiger partial charge < -0.3 is 10.1 Å². The molecule has 1 aromatic carbocycles. The van der Waals surface area contributed by atoms with Gasteiger partial charge in [-0.1, -0.05) is 0 Å². The molecule has 1 aromatic rings. The molecule has 2 amide bonds. The number of carbonyl (C=O) groups is 2. The van der Waals surface area contributed by atoms with Gasteiger partial charge in [0.05, 0.1) is 12.8 Å². The van der Waals surface area contributed by atoms with Crippen LogP contribution in [0.25, 0.3) is 0 Å². The van der Waals surface area contributed by atoms with Crippen LogP contribution >= 0.6 is 0 Å². The van der Waals surface area contributed by atoms with Gasteiger partial charge in [0.2, 0.25) is 11.8 Å². The van der Waals surface area contributed by atoms with Crippen LogP contribution in [-0.4, -0.2) is 25.0 Å². The Morgan fingerprint density at radius 3 is 2.79 bits per heavy atom. The second-order valence-electron chi connectivity index (χ2n) is 4.45. The summed E-state index contributed by atoms with van der Waals surface area (Å²) in [7, 11) is 1.47. The van der Waals surface area contributed by atoms with Crippen LogP contribution in [0, 0.1) is 12.7 Å². The van der Waals surface area contributed by atoms with Crippen LogP contribution in [0.4, 0.5) is 10.1 Å². The lowest BCUT2D eigenvalue weighted by atomic mass is 10.1. The molecule has 1 unspecified atom stereocenters. The zero-order chi connectivity index (χ0) is 14.0. The summed E-state index contributed by atoms with van der Waals surface area (Å²) in [4.78, 5) is 22.7. The first kappa shape index (κ1) is 13.3. The summed E-state index contributed by atoms with van der Waals surface area (Å²) in [5.41, 5.74) is 0.866. The van der Waals surface area contributed by atoms with Crippen molar-refractivity contribution in [3.63, 3.8) is 0 Å². The molecule has 102 valence electrons. The van der Waals surface area contributed by atoms with Crippen LogP contribution in [0.3, 0.4) is 0 Å². The SMILES string of the molecule is COc1cc(C)c(F)cc1NC1CCC(=O)NC1=O. The van der Waals surface area contributed by atoms with E-state index >= 15 is 0 Å². The first-order valence-corrected chi connectivity index (χ1v) is 5.95. The highest BCUT2D eigenvalue weighted by Gasteiger charge is 2.27. The van der Waals surface area contributed by atoms with E-state index in [-0.39, 0.29) is 18.1 Å². The Labute approximate surface area is 110 Å². The number of anilines is 1. The molecule has 19 heavy (non-hydrogen) atoms. The second kappa shape index (κ2) is 5.26. The minimum atomic E-state index is -0.561. The van der Waals surface area contributed by atoms with Crippen LogP contribution in [0.5, 0.6) is 5.75 Å². The van der Waals surface area contributed by atoms with E-state index in [1.807, 2.05) is 0 Å². The normalized spacial score (nSPS) is 19.0. The van der Waals surface area contributed by atoms with Gasteiger partial charge >= 0.3 is 0 Å². The maximum absolute atomic E-state index is 13.6. The molecule has 0 bridgehead atoms. The maximum Gasteiger partial charge on any atom is 0.249 e. The molecule has 2 rings (SSSR count). The summed E-state index contributed by atoms with van der Waals surface area (Å²) in [5, 5.41) is 5.15. The zero-order valence-electron chi connectivity index (χ0n) is 10.7. The predicted molar refractivity (Wildman–Crippen MR) is 67.5 cm³/mol. The van der Waals surface area contributed by atoms with Crippen LogP contribution in [0.1, 0.15) is 18.4 Å². The standard InChI is InChI=1S/C13H15FN2O3/c1-7-5-11(19-2)10(6-8(7)14)15-9-3-4-12(17)16-13(9)18/h5-6,9,15H,3-4H2,1-2H3,(H,16,17,18). The minimum Gasteiger partial charge on any atom is -0.495 e. The number of hydrogen-bond acceptors (Lipinski definition) is 4. The predicted octanol–water partition coefficient (Wildman–Crippen LogP) is 1.36. The van der Waals surface area contributed by atoms with Gasteiger partial charge in [-0.05, 0) is 25.0 Å². The summed E-state index contributed by atoms with van der Waals surface area (Å²) in [6.07, 6.45) is 0.642. The molecule has 0 aliphatic carbocycles. The molecule has 0 radical (unpaired) electrons. The molecule has 1 aliphatic heterocycles. The molecule has 1 saturated heterocycles. The van der Waals surface area contributed by atoms with E-state index in [0.717, 1.165) is 0 Å². The van der Waals surface area contributed by atoms with E-state index < -0.39 is 11.9 Å².